The van der Waals surface area contributed by atoms with Crippen LogP contribution in [-0.4, -0.2) is 67.1 Å². The van der Waals surface area contributed by atoms with Crippen molar-refractivity contribution >= 4 is 35.2 Å². The van der Waals surface area contributed by atoms with Crippen LogP contribution in [0.1, 0.15) is 23.2 Å². The molecule has 0 aliphatic carbocycles. The molecule has 0 aromatic heterocycles. The molecule has 1 unspecified atom stereocenters. The van der Waals surface area contributed by atoms with Gasteiger partial charge in [0.2, 0.25) is 11.8 Å². The molecule has 1 saturated heterocycles. The van der Waals surface area contributed by atoms with Gasteiger partial charge >= 0.3 is 6.61 Å². The van der Waals surface area contributed by atoms with Gasteiger partial charge in [-0.2, -0.15) is 8.78 Å². The first-order valence-electron chi connectivity index (χ1n) is 10.8. The number of anilines is 1. The van der Waals surface area contributed by atoms with Crippen molar-refractivity contribution < 1.29 is 27.9 Å². The van der Waals surface area contributed by atoms with Crippen LogP contribution in [0, 0.1) is 5.92 Å². The summed E-state index contributed by atoms with van der Waals surface area (Å²) in [4.78, 5) is 42.2. The van der Waals surface area contributed by atoms with Crippen LogP contribution in [0.4, 0.5) is 14.5 Å². The summed E-state index contributed by atoms with van der Waals surface area (Å²) >= 11 is 1.51. The highest BCUT2D eigenvalue weighted by Gasteiger charge is 2.32. The molecular weight excluding hydrogens is 464 g/mol. The Hall–Kier alpha value is -3.14. The van der Waals surface area contributed by atoms with Gasteiger partial charge in [0.05, 0.1) is 23.7 Å². The number of hydrogen-bond donors (Lipinski definition) is 1. The molecule has 0 radical (unpaired) electrons. The number of alkyl halides is 2. The zero-order valence-electron chi connectivity index (χ0n) is 19.0. The third-order valence-corrected chi connectivity index (χ3v) is 6.33. The van der Waals surface area contributed by atoms with Gasteiger partial charge in [-0.25, -0.2) is 0 Å². The number of carbonyl (C=O) groups is 3. The maximum Gasteiger partial charge on any atom is 0.387 e. The van der Waals surface area contributed by atoms with E-state index in [2.05, 4.69) is 10.1 Å². The summed E-state index contributed by atoms with van der Waals surface area (Å²) in [6.45, 7) is -2.63. The van der Waals surface area contributed by atoms with Crippen molar-refractivity contribution in [2.24, 2.45) is 5.92 Å². The molecule has 1 aliphatic heterocycles. The molecule has 7 nitrogen and oxygen atoms in total. The predicted octanol–water partition coefficient (Wildman–Crippen LogP) is 3.96. The van der Waals surface area contributed by atoms with Gasteiger partial charge in [-0.15, -0.1) is 11.8 Å². The van der Waals surface area contributed by atoms with E-state index in [0.29, 0.717) is 25.1 Å². The molecule has 0 spiro atoms. The number of likely N-dealkylation sites (tertiary alicyclic amines) is 1. The molecule has 182 valence electrons. The fraction of sp³-hybridized carbons (Fsp3) is 0.375. The monoisotopic (exact) mass is 491 g/mol. The molecular formula is C24H27F2N3O4S. The topological polar surface area (TPSA) is 79.0 Å². The van der Waals surface area contributed by atoms with E-state index < -0.39 is 18.4 Å². The molecule has 3 amide bonds. The zero-order valence-corrected chi connectivity index (χ0v) is 19.8. The van der Waals surface area contributed by atoms with E-state index >= 15 is 0 Å². The van der Waals surface area contributed by atoms with Gasteiger partial charge < -0.3 is 19.9 Å². The van der Waals surface area contributed by atoms with E-state index in [9.17, 15) is 23.2 Å². The highest BCUT2D eigenvalue weighted by molar-refractivity contribution is 7.98. The first-order valence-corrected chi connectivity index (χ1v) is 12.0. The van der Waals surface area contributed by atoms with Crippen molar-refractivity contribution in [2.45, 2.75) is 24.3 Å². The number of nitrogens with one attached hydrogen (secondary N) is 1. The number of ether oxygens (including phenoxy) is 1. The maximum absolute atomic E-state index is 13.0. The van der Waals surface area contributed by atoms with Crippen LogP contribution in [0.3, 0.4) is 0 Å². The summed E-state index contributed by atoms with van der Waals surface area (Å²) in [5.74, 6) is -1.72. The van der Waals surface area contributed by atoms with Gasteiger partial charge in [-0.05, 0) is 43.4 Å². The van der Waals surface area contributed by atoms with E-state index in [-0.39, 0.29) is 36.2 Å². The fourth-order valence-electron chi connectivity index (χ4n) is 3.92. The molecule has 2 aromatic carbocycles. The average Bonchev–Trinajstić information content (AvgIpc) is 2.83. The van der Waals surface area contributed by atoms with Crippen molar-refractivity contribution in [3.8, 4) is 5.75 Å². The molecule has 1 heterocycles. The van der Waals surface area contributed by atoms with Crippen molar-refractivity contribution in [1.82, 2.24) is 9.80 Å². The summed E-state index contributed by atoms with van der Waals surface area (Å²) in [5, 5.41) is 2.83. The van der Waals surface area contributed by atoms with Crippen molar-refractivity contribution in [3.05, 3.63) is 54.1 Å². The van der Waals surface area contributed by atoms with Crippen LogP contribution in [0.25, 0.3) is 0 Å². The molecule has 1 fully saturated rings. The van der Waals surface area contributed by atoms with Gasteiger partial charge in [0.1, 0.15) is 5.75 Å². The van der Waals surface area contributed by atoms with E-state index in [1.165, 1.54) is 39.8 Å². The SMILES string of the molecule is CSc1ccccc1NC(=O)CN(C)C(=O)C1CCCN(C(=O)c2ccccc2OC(F)F)C1. The number of nitrogens with zero attached hydrogens (tertiary/aromatic N) is 2. The van der Waals surface area contributed by atoms with E-state index in [4.69, 9.17) is 0 Å². The second kappa shape index (κ2) is 11.8. The normalized spacial score (nSPS) is 15.7. The third kappa shape index (κ3) is 6.47. The third-order valence-electron chi connectivity index (χ3n) is 5.53. The number of rotatable bonds is 8. The Labute approximate surface area is 201 Å². The minimum atomic E-state index is -3.05. The minimum absolute atomic E-state index is 0.0242. The second-order valence-electron chi connectivity index (χ2n) is 7.91. The molecule has 34 heavy (non-hydrogen) atoms. The Morgan fingerprint density at radius 1 is 1.18 bits per heavy atom. The number of hydrogen-bond acceptors (Lipinski definition) is 5. The van der Waals surface area contributed by atoms with Crippen LogP contribution < -0.4 is 10.1 Å². The lowest BCUT2D eigenvalue weighted by molar-refractivity contribution is -0.138. The lowest BCUT2D eigenvalue weighted by Gasteiger charge is -2.34. The molecule has 0 saturated carbocycles. The van der Waals surface area contributed by atoms with Crippen LogP contribution in [0.15, 0.2) is 53.4 Å². The van der Waals surface area contributed by atoms with E-state index in [1.807, 2.05) is 24.5 Å². The summed E-state index contributed by atoms with van der Waals surface area (Å²) in [5.41, 5.74) is 0.705. The highest BCUT2D eigenvalue weighted by atomic mass is 32.2. The Kier molecular flexibility index (Phi) is 8.86. The lowest BCUT2D eigenvalue weighted by Crippen LogP contribution is -2.47. The Morgan fingerprint density at radius 2 is 1.88 bits per heavy atom. The Morgan fingerprint density at radius 3 is 2.62 bits per heavy atom. The van der Waals surface area contributed by atoms with Crippen LogP contribution in [0.2, 0.25) is 0 Å². The molecule has 2 aromatic rings. The minimum Gasteiger partial charge on any atom is -0.434 e. The second-order valence-corrected chi connectivity index (χ2v) is 8.76. The molecule has 3 rings (SSSR count). The van der Waals surface area contributed by atoms with Crippen molar-refractivity contribution in [1.29, 1.82) is 0 Å². The maximum atomic E-state index is 13.0. The number of halogens is 2. The zero-order chi connectivity index (χ0) is 24.7. The number of piperidine rings is 1. The molecule has 1 atom stereocenters. The van der Waals surface area contributed by atoms with Gasteiger partial charge in [0.15, 0.2) is 0 Å². The first-order chi connectivity index (χ1) is 16.3. The molecule has 0 bridgehead atoms. The van der Waals surface area contributed by atoms with Gasteiger partial charge in [-0.1, -0.05) is 24.3 Å². The Bertz CT molecular complexity index is 1040. The van der Waals surface area contributed by atoms with Crippen molar-refractivity contribution in [3.63, 3.8) is 0 Å². The number of likely N-dealkylation sites (N-methyl/N-ethyl adjacent to an activating group) is 1. The summed E-state index contributed by atoms with van der Waals surface area (Å²) in [6.07, 6.45) is 3.06. The summed E-state index contributed by atoms with van der Waals surface area (Å²) in [6, 6.07) is 13.2. The first kappa shape index (κ1) is 25.5. The number of carbonyl (C=O) groups excluding carboxylic acids is 3. The van der Waals surface area contributed by atoms with Crippen LogP contribution in [-0.2, 0) is 9.59 Å². The fourth-order valence-corrected chi connectivity index (χ4v) is 4.47. The van der Waals surface area contributed by atoms with Crippen LogP contribution in [0.5, 0.6) is 5.75 Å². The Balaban J connectivity index is 1.61. The summed E-state index contributed by atoms with van der Waals surface area (Å²) < 4.78 is 29.9. The highest BCUT2D eigenvalue weighted by Crippen LogP contribution is 2.26. The van der Waals surface area contributed by atoms with Gasteiger partial charge in [0.25, 0.3) is 5.91 Å². The smallest absolute Gasteiger partial charge is 0.387 e. The predicted molar refractivity (Wildman–Crippen MR) is 126 cm³/mol. The quantitative estimate of drug-likeness (QED) is 0.566. The number of benzene rings is 2. The molecule has 10 heteroatoms. The molecule has 1 aliphatic rings. The average molecular weight is 492 g/mol. The number of amides is 3. The van der Waals surface area contributed by atoms with Crippen LogP contribution >= 0.6 is 11.8 Å². The largest absolute Gasteiger partial charge is 0.434 e. The molecule has 1 N–H and O–H groups in total. The van der Waals surface area contributed by atoms with E-state index in [1.54, 1.807) is 19.2 Å². The number of thioether (sulfide) groups is 1. The summed E-state index contributed by atoms with van der Waals surface area (Å²) in [7, 11) is 1.55. The van der Waals surface area contributed by atoms with Gasteiger partial charge in [-0.3, -0.25) is 14.4 Å². The number of para-hydroxylation sites is 2. The standard InChI is InChI=1S/C24H27F2N3O4S/c1-28(15-21(30)27-18-10-4-6-12-20(18)34-2)22(31)16-8-7-13-29(14-16)23(32)17-9-3-5-11-19(17)33-24(25)26/h3-6,9-12,16,24H,7-8,13-15H2,1-2H3,(H,27,30). The lowest BCUT2D eigenvalue weighted by atomic mass is 9.96. The van der Waals surface area contributed by atoms with E-state index in [0.717, 1.165) is 4.90 Å². The van der Waals surface area contributed by atoms with Crippen molar-refractivity contribution in [2.75, 3.05) is 38.3 Å². The van der Waals surface area contributed by atoms with Gasteiger partial charge in [0, 0.05) is 25.0 Å².